The molecule has 1 fully saturated rings. The quantitative estimate of drug-likeness (QED) is 0.849. The number of hydrogen-bond acceptors (Lipinski definition) is 2. The monoisotopic (exact) mass is 341 g/mol. The van der Waals surface area contributed by atoms with Gasteiger partial charge in [-0.2, -0.15) is 0 Å². The summed E-state index contributed by atoms with van der Waals surface area (Å²) in [6.45, 7) is 2.26. The summed E-state index contributed by atoms with van der Waals surface area (Å²) >= 11 is 2.31. The summed E-state index contributed by atoms with van der Waals surface area (Å²) in [6.07, 6.45) is 4.01. The lowest BCUT2D eigenvalue weighted by Gasteiger charge is -2.33. The van der Waals surface area contributed by atoms with E-state index < -0.39 is 0 Å². The van der Waals surface area contributed by atoms with Gasteiger partial charge in [0, 0.05) is 9.61 Å². The summed E-state index contributed by atoms with van der Waals surface area (Å²) in [4.78, 5) is 4.47. The van der Waals surface area contributed by atoms with Crippen LogP contribution in [0.4, 0.5) is 5.95 Å². The van der Waals surface area contributed by atoms with Gasteiger partial charge in [0.15, 0.2) is 0 Å². The van der Waals surface area contributed by atoms with E-state index in [9.17, 15) is 0 Å². The molecule has 1 aromatic heterocycles. The maximum absolute atomic E-state index is 6.07. The summed E-state index contributed by atoms with van der Waals surface area (Å²) in [5, 5.41) is 0. The normalized spacial score (nSPS) is 18.2. The minimum absolute atomic E-state index is 0.466. The fraction of sp³-hybridized carbons (Fsp3) is 0.462. The first-order valence-electron chi connectivity index (χ1n) is 6.10. The van der Waals surface area contributed by atoms with E-state index in [1.807, 2.05) is 0 Å². The van der Waals surface area contributed by atoms with Gasteiger partial charge in [0.2, 0.25) is 5.95 Å². The molecule has 2 aromatic rings. The summed E-state index contributed by atoms with van der Waals surface area (Å²) in [7, 11) is 0. The topological polar surface area (TPSA) is 43.8 Å². The SMILES string of the molecule is CC(C1CCC1)n1c(N)nc2cc(I)ccc21. The van der Waals surface area contributed by atoms with Crippen molar-refractivity contribution >= 4 is 39.6 Å². The van der Waals surface area contributed by atoms with E-state index in [0.717, 1.165) is 11.4 Å². The van der Waals surface area contributed by atoms with Crippen LogP contribution in [0.1, 0.15) is 32.2 Å². The molecular formula is C13H16IN3. The zero-order valence-corrected chi connectivity index (χ0v) is 12.0. The Morgan fingerprint density at radius 3 is 2.88 bits per heavy atom. The smallest absolute Gasteiger partial charge is 0.201 e. The fourth-order valence-corrected chi connectivity index (χ4v) is 3.13. The highest BCUT2D eigenvalue weighted by atomic mass is 127. The predicted octanol–water partition coefficient (Wildman–Crippen LogP) is 3.58. The first-order chi connectivity index (χ1) is 8.16. The van der Waals surface area contributed by atoms with Gasteiger partial charge < -0.3 is 10.3 Å². The summed E-state index contributed by atoms with van der Waals surface area (Å²) < 4.78 is 3.41. The fourth-order valence-electron chi connectivity index (χ4n) is 2.65. The Balaban J connectivity index is 2.11. The second kappa shape index (κ2) is 4.15. The number of halogens is 1. The second-order valence-corrected chi connectivity index (χ2v) is 6.15. The number of imidazole rings is 1. The van der Waals surface area contributed by atoms with Gasteiger partial charge >= 0.3 is 0 Å². The van der Waals surface area contributed by atoms with Crippen LogP contribution < -0.4 is 5.73 Å². The maximum atomic E-state index is 6.07. The molecule has 4 heteroatoms. The number of aromatic nitrogens is 2. The summed E-state index contributed by atoms with van der Waals surface area (Å²) in [6, 6.07) is 6.81. The number of hydrogen-bond donors (Lipinski definition) is 1. The molecular weight excluding hydrogens is 325 g/mol. The lowest BCUT2D eigenvalue weighted by molar-refractivity contribution is 0.227. The largest absolute Gasteiger partial charge is 0.369 e. The van der Waals surface area contributed by atoms with Gasteiger partial charge in [0.05, 0.1) is 11.0 Å². The van der Waals surface area contributed by atoms with Crippen molar-refractivity contribution in [3.05, 3.63) is 21.8 Å². The molecule has 2 N–H and O–H groups in total. The third-order valence-corrected chi connectivity index (χ3v) is 4.59. The Morgan fingerprint density at radius 2 is 2.24 bits per heavy atom. The number of rotatable bonds is 2. The number of nitrogens with zero attached hydrogens (tertiary/aromatic N) is 2. The van der Waals surface area contributed by atoms with Crippen LogP contribution in [0.3, 0.4) is 0 Å². The average Bonchev–Trinajstić information content (AvgIpc) is 2.50. The van der Waals surface area contributed by atoms with Gasteiger partial charge in [-0.05, 0) is 66.5 Å². The standard InChI is InChI=1S/C13H16IN3/c1-8(9-3-2-4-9)17-12-6-5-10(14)7-11(12)16-13(17)15/h5-9H,2-4H2,1H3,(H2,15,16). The van der Waals surface area contributed by atoms with Crippen molar-refractivity contribution in [3.8, 4) is 0 Å². The van der Waals surface area contributed by atoms with Crippen LogP contribution in [0.5, 0.6) is 0 Å². The van der Waals surface area contributed by atoms with Gasteiger partial charge in [-0.15, -0.1) is 0 Å². The molecule has 90 valence electrons. The molecule has 17 heavy (non-hydrogen) atoms. The minimum Gasteiger partial charge on any atom is -0.369 e. The summed E-state index contributed by atoms with van der Waals surface area (Å²) in [5.74, 6) is 1.43. The van der Waals surface area contributed by atoms with E-state index >= 15 is 0 Å². The number of nitrogens with two attached hydrogens (primary N) is 1. The second-order valence-electron chi connectivity index (χ2n) is 4.90. The van der Waals surface area contributed by atoms with Crippen molar-refractivity contribution < 1.29 is 0 Å². The van der Waals surface area contributed by atoms with Crippen LogP contribution in [0.25, 0.3) is 11.0 Å². The number of nitrogen functional groups attached to an aromatic ring is 1. The molecule has 0 radical (unpaired) electrons. The van der Waals surface area contributed by atoms with Crippen LogP contribution >= 0.6 is 22.6 Å². The van der Waals surface area contributed by atoms with Gasteiger partial charge in [-0.1, -0.05) is 6.42 Å². The lowest BCUT2D eigenvalue weighted by Crippen LogP contribution is -2.23. The van der Waals surface area contributed by atoms with Crippen LogP contribution in [-0.2, 0) is 0 Å². The molecule has 3 nitrogen and oxygen atoms in total. The Hall–Kier alpha value is -0.780. The third-order valence-electron chi connectivity index (χ3n) is 3.92. The van der Waals surface area contributed by atoms with Crippen molar-refractivity contribution in [3.63, 3.8) is 0 Å². The Bertz CT molecular complexity index is 557. The maximum Gasteiger partial charge on any atom is 0.201 e. The van der Waals surface area contributed by atoms with Gasteiger partial charge in [-0.3, -0.25) is 0 Å². The molecule has 0 saturated heterocycles. The van der Waals surface area contributed by atoms with Crippen LogP contribution in [0.2, 0.25) is 0 Å². The Morgan fingerprint density at radius 1 is 1.47 bits per heavy atom. The minimum atomic E-state index is 0.466. The molecule has 1 atom stereocenters. The van der Waals surface area contributed by atoms with Crippen molar-refractivity contribution in [1.29, 1.82) is 0 Å². The highest BCUT2D eigenvalue weighted by Gasteiger charge is 2.27. The first-order valence-corrected chi connectivity index (χ1v) is 7.17. The molecule has 1 aliphatic carbocycles. The molecule has 0 bridgehead atoms. The highest BCUT2D eigenvalue weighted by molar-refractivity contribution is 14.1. The van der Waals surface area contributed by atoms with E-state index in [4.69, 9.17) is 5.73 Å². The predicted molar refractivity (Wildman–Crippen MR) is 78.9 cm³/mol. The van der Waals surface area contributed by atoms with Crippen molar-refractivity contribution in [2.45, 2.75) is 32.2 Å². The lowest BCUT2D eigenvalue weighted by atomic mass is 9.80. The van der Waals surface area contributed by atoms with Crippen molar-refractivity contribution in [2.75, 3.05) is 5.73 Å². The Labute approximate surface area is 115 Å². The highest BCUT2D eigenvalue weighted by Crippen LogP contribution is 2.38. The Kier molecular flexibility index (Phi) is 2.77. The number of benzene rings is 1. The van der Waals surface area contributed by atoms with Crippen molar-refractivity contribution in [1.82, 2.24) is 9.55 Å². The number of fused-ring (bicyclic) bond motifs is 1. The molecule has 0 amide bonds. The van der Waals surface area contributed by atoms with Gasteiger partial charge in [-0.25, -0.2) is 4.98 Å². The molecule has 1 aliphatic rings. The molecule has 1 aromatic carbocycles. The van der Waals surface area contributed by atoms with E-state index in [1.54, 1.807) is 0 Å². The van der Waals surface area contributed by atoms with Crippen LogP contribution in [0, 0.1) is 9.49 Å². The molecule has 1 saturated carbocycles. The molecule has 1 heterocycles. The van der Waals surface area contributed by atoms with E-state index in [0.29, 0.717) is 12.0 Å². The number of anilines is 1. The van der Waals surface area contributed by atoms with E-state index in [-0.39, 0.29) is 0 Å². The molecule has 3 rings (SSSR count). The average molecular weight is 341 g/mol. The van der Waals surface area contributed by atoms with Crippen LogP contribution in [-0.4, -0.2) is 9.55 Å². The zero-order chi connectivity index (χ0) is 12.0. The van der Waals surface area contributed by atoms with Gasteiger partial charge in [0.25, 0.3) is 0 Å². The van der Waals surface area contributed by atoms with Gasteiger partial charge in [0.1, 0.15) is 0 Å². The molecule has 0 spiro atoms. The van der Waals surface area contributed by atoms with Crippen LogP contribution in [0.15, 0.2) is 18.2 Å². The molecule has 0 aliphatic heterocycles. The van der Waals surface area contributed by atoms with E-state index in [1.165, 1.54) is 28.3 Å². The van der Waals surface area contributed by atoms with E-state index in [2.05, 4.69) is 57.3 Å². The third kappa shape index (κ3) is 1.82. The first kappa shape index (κ1) is 11.3. The summed E-state index contributed by atoms with van der Waals surface area (Å²) in [5.41, 5.74) is 8.25. The zero-order valence-electron chi connectivity index (χ0n) is 9.86. The van der Waals surface area contributed by atoms with Crippen molar-refractivity contribution in [2.24, 2.45) is 5.92 Å². The molecule has 1 unspecified atom stereocenters.